The third-order valence-electron chi connectivity index (χ3n) is 2.84. The maximum Gasteiger partial charge on any atom is 0.0958 e. The molecular weight excluding hydrogens is 186 g/mol. The van der Waals surface area contributed by atoms with E-state index in [9.17, 15) is 0 Å². The number of imidazole rings is 1. The summed E-state index contributed by atoms with van der Waals surface area (Å²) in [5.74, 6) is 0. The number of fused-ring (bicyclic) bond motifs is 1. The standard InChI is InChI=1S/C12H17N3/c1-9-6-11-12(7-10(9)2)15(8-14-11)5-4-13-3/h6-8,13H,4-5H2,1-3H3. The lowest BCUT2D eigenvalue weighted by Gasteiger charge is -2.05. The van der Waals surface area contributed by atoms with Crippen LogP contribution in [0.25, 0.3) is 11.0 Å². The van der Waals surface area contributed by atoms with Crippen molar-refractivity contribution in [1.29, 1.82) is 0 Å². The molecule has 0 spiro atoms. The minimum absolute atomic E-state index is 0.968. The van der Waals surface area contributed by atoms with Crippen molar-refractivity contribution in [2.75, 3.05) is 13.6 Å². The summed E-state index contributed by atoms with van der Waals surface area (Å²) in [6.45, 7) is 6.21. The Balaban J connectivity index is 2.45. The number of hydrogen-bond acceptors (Lipinski definition) is 2. The van der Waals surface area contributed by atoms with Crippen LogP contribution in [-0.2, 0) is 6.54 Å². The first-order chi connectivity index (χ1) is 7.22. The van der Waals surface area contributed by atoms with Crippen molar-refractivity contribution in [2.24, 2.45) is 0 Å². The molecular formula is C12H17N3. The Morgan fingerprint density at radius 3 is 2.73 bits per heavy atom. The van der Waals surface area contributed by atoms with Gasteiger partial charge in [0.25, 0.3) is 0 Å². The number of benzene rings is 1. The number of aromatic nitrogens is 2. The van der Waals surface area contributed by atoms with Gasteiger partial charge in [-0.25, -0.2) is 4.98 Å². The highest BCUT2D eigenvalue weighted by Gasteiger charge is 2.03. The SMILES string of the molecule is CNCCn1cnc2cc(C)c(C)cc21. The maximum absolute atomic E-state index is 4.41. The average molecular weight is 203 g/mol. The van der Waals surface area contributed by atoms with Crippen LogP contribution < -0.4 is 5.32 Å². The normalized spacial score (nSPS) is 11.1. The molecule has 1 aromatic carbocycles. The van der Waals surface area contributed by atoms with Crippen LogP contribution in [0.15, 0.2) is 18.5 Å². The van der Waals surface area contributed by atoms with Gasteiger partial charge in [0.1, 0.15) is 0 Å². The lowest BCUT2D eigenvalue weighted by Crippen LogP contribution is -2.14. The highest BCUT2D eigenvalue weighted by Crippen LogP contribution is 2.17. The van der Waals surface area contributed by atoms with Crippen molar-refractivity contribution in [2.45, 2.75) is 20.4 Å². The van der Waals surface area contributed by atoms with Crippen molar-refractivity contribution < 1.29 is 0 Å². The molecule has 0 fully saturated rings. The molecule has 2 rings (SSSR count). The molecule has 0 atom stereocenters. The van der Waals surface area contributed by atoms with Gasteiger partial charge in [-0.3, -0.25) is 0 Å². The number of nitrogens with zero attached hydrogens (tertiary/aromatic N) is 2. The largest absolute Gasteiger partial charge is 0.329 e. The van der Waals surface area contributed by atoms with Crippen molar-refractivity contribution in [3.8, 4) is 0 Å². The predicted molar refractivity (Wildman–Crippen MR) is 63.1 cm³/mol. The third-order valence-corrected chi connectivity index (χ3v) is 2.84. The van der Waals surface area contributed by atoms with E-state index >= 15 is 0 Å². The summed E-state index contributed by atoms with van der Waals surface area (Å²) in [6.07, 6.45) is 1.92. The third kappa shape index (κ3) is 1.88. The highest BCUT2D eigenvalue weighted by molar-refractivity contribution is 5.77. The molecule has 3 heteroatoms. The number of hydrogen-bond donors (Lipinski definition) is 1. The predicted octanol–water partition coefficient (Wildman–Crippen LogP) is 1.87. The van der Waals surface area contributed by atoms with Crippen LogP contribution in [0.4, 0.5) is 0 Å². The van der Waals surface area contributed by atoms with Crippen LogP contribution in [0, 0.1) is 13.8 Å². The van der Waals surface area contributed by atoms with E-state index in [2.05, 4.69) is 40.8 Å². The number of aryl methyl sites for hydroxylation is 2. The van der Waals surface area contributed by atoms with Gasteiger partial charge in [-0.15, -0.1) is 0 Å². The number of nitrogens with one attached hydrogen (secondary N) is 1. The Bertz CT molecular complexity index is 471. The van der Waals surface area contributed by atoms with Crippen molar-refractivity contribution >= 4 is 11.0 Å². The minimum atomic E-state index is 0.968. The van der Waals surface area contributed by atoms with E-state index in [1.807, 2.05) is 13.4 Å². The average Bonchev–Trinajstić information content (AvgIpc) is 2.59. The van der Waals surface area contributed by atoms with Crippen molar-refractivity contribution in [3.05, 3.63) is 29.6 Å². The molecule has 0 aliphatic heterocycles. The molecule has 0 aliphatic carbocycles. The fourth-order valence-electron chi connectivity index (χ4n) is 1.72. The molecule has 0 aliphatic rings. The van der Waals surface area contributed by atoms with Gasteiger partial charge in [0.2, 0.25) is 0 Å². The number of likely N-dealkylation sites (N-methyl/N-ethyl adjacent to an activating group) is 1. The van der Waals surface area contributed by atoms with Crippen molar-refractivity contribution in [3.63, 3.8) is 0 Å². The Hall–Kier alpha value is -1.35. The van der Waals surface area contributed by atoms with Crippen molar-refractivity contribution in [1.82, 2.24) is 14.9 Å². The molecule has 1 heterocycles. The van der Waals surface area contributed by atoms with Crippen LogP contribution in [0.1, 0.15) is 11.1 Å². The Morgan fingerprint density at radius 1 is 1.27 bits per heavy atom. The first-order valence-electron chi connectivity index (χ1n) is 5.29. The van der Waals surface area contributed by atoms with Crippen LogP contribution in [0.2, 0.25) is 0 Å². The zero-order chi connectivity index (χ0) is 10.8. The van der Waals surface area contributed by atoms with E-state index in [4.69, 9.17) is 0 Å². The fraction of sp³-hybridized carbons (Fsp3) is 0.417. The minimum Gasteiger partial charge on any atom is -0.329 e. The molecule has 15 heavy (non-hydrogen) atoms. The summed E-state index contributed by atoms with van der Waals surface area (Å²) in [5, 5.41) is 3.15. The molecule has 0 unspecified atom stereocenters. The summed E-state index contributed by atoms with van der Waals surface area (Å²) in [7, 11) is 1.97. The lowest BCUT2D eigenvalue weighted by atomic mass is 10.1. The van der Waals surface area contributed by atoms with Gasteiger partial charge in [-0.2, -0.15) is 0 Å². The first-order valence-corrected chi connectivity index (χ1v) is 5.29. The molecule has 0 saturated heterocycles. The van der Waals surface area contributed by atoms with E-state index in [1.165, 1.54) is 16.6 Å². The molecule has 2 aromatic rings. The molecule has 1 aromatic heterocycles. The smallest absolute Gasteiger partial charge is 0.0958 e. The van der Waals surface area contributed by atoms with Gasteiger partial charge in [-0.1, -0.05) is 0 Å². The summed E-state index contributed by atoms with van der Waals surface area (Å²) >= 11 is 0. The van der Waals surface area contributed by atoms with E-state index in [0.717, 1.165) is 18.6 Å². The van der Waals surface area contributed by atoms with E-state index in [1.54, 1.807) is 0 Å². The summed E-state index contributed by atoms with van der Waals surface area (Å²) in [4.78, 5) is 4.41. The van der Waals surface area contributed by atoms with E-state index in [-0.39, 0.29) is 0 Å². The van der Waals surface area contributed by atoms with Gasteiger partial charge in [0.05, 0.1) is 17.4 Å². The summed E-state index contributed by atoms with van der Waals surface area (Å²) < 4.78 is 2.19. The molecule has 3 nitrogen and oxygen atoms in total. The summed E-state index contributed by atoms with van der Waals surface area (Å²) in [5.41, 5.74) is 4.96. The Kier molecular flexibility index (Phi) is 2.73. The van der Waals surface area contributed by atoms with Gasteiger partial charge >= 0.3 is 0 Å². The quantitative estimate of drug-likeness (QED) is 0.825. The zero-order valence-corrected chi connectivity index (χ0v) is 9.54. The second-order valence-corrected chi connectivity index (χ2v) is 3.97. The van der Waals surface area contributed by atoms with Gasteiger partial charge < -0.3 is 9.88 Å². The lowest BCUT2D eigenvalue weighted by molar-refractivity contribution is 0.658. The molecule has 1 N–H and O–H groups in total. The van der Waals surface area contributed by atoms with E-state index in [0.29, 0.717) is 0 Å². The molecule has 0 amide bonds. The van der Waals surface area contributed by atoms with Crippen LogP contribution in [0.5, 0.6) is 0 Å². The molecule has 0 bridgehead atoms. The first kappa shape index (κ1) is 10.2. The van der Waals surface area contributed by atoms with Crippen LogP contribution in [0.3, 0.4) is 0 Å². The number of rotatable bonds is 3. The second-order valence-electron chi connectivity index (χ2n) is 3.97. The highest BCUT2D eigenvalue weighted by atomic mass is 15.1. The summed E-state index contributed by atoms with van der Waals surface area (Å²) in [6, 6.07) is 4.37. The molecule has 80 valence electrons. The molecule has 0 saturated carbocycles. The second kappa shape index (κ2) is 4.03. The van der Waals surface area contributed by atoms with E-state index < -0.39 is 0 Å². The Morgan fingerprint density at radius 2 is 2.00 bits per heavy atom. The zero-order valence-electron chi connectivity index (χ0n) is 9.54. The van der Waals surface area contributed by atoms with Gasteiger partial charge in [-0.05, 0) is 44.2 Å². The monoisotopic (exact) mass is 203 g/mol. The van der Waals surface area contributed by atoms with Gasteiger partial charge in [0.15, 0.2) is 0 Å². The molecule has 0 radical (unpaired) electrons. The fourth-order valence-corrected chi connectivity index (χ4v) is 1.72. The maximum atomic E-state index is 4.41. The van der Waals surface area contributed by atoms with Gasteiger partial charge in [0, 0.05) is 13.1 Å². The Labute approximate surface area is 90.1 Å². The van der Waals surface area contributed by atoms with Crippen LogP contribution in [-0.4, -0.2) is 23.1 Å². The van der Waals surface area contributed by atoms with Crippen LogP contribution >= 0.6 is 0 Å². The topological polar surface area (TPSA) is 29.9 Å².